The molecule has 1 aromatic carbocycles. The number of carbonyl (C=O) groups is 1. The van der Waals surface area contributed by atoms with Crippen LogP contribution in [0.1, 0.15) is 20.1 Å². The van der Waals surface area contributed by atoms with Crippen molar-refractivity contribution in [2.75, 3.05) is 5.32 Å². The van der Waals surface area contributed by atoms with Gasteiger partial charge in [0.05, 0.1) is 16.3 Å². The van der Waals surface area contributed by atoms with Crippen LogP contribution in [0.5, 0.6) is 0 Å². The first-order valence-electron chi connectivity index (χ1n) is 6.77. The number of thiophene rings is 1. The highest BCUT2D eigenvalue weighted by molar-refractivity contribution is 9.10. The van der Waals surface area contributed by atoms with Gasteiger partial charge in [0.2, 0.25) is 5.12 Å². The van der Waals surface area contributed by atoms with Crippen LogP contribution in [0.4, 0.5) is 10.8 Å². The number of nitrogens with one attached hydrogen (secondary N) is 1. The van der Waals surface area contributed by atoms with Crippen molar-refractivity contribution in [2.24, 2.45) is 0 Å². The fraction of sp³-hybridized carbons (Fsp3) is 0.125. The summed E-state index contributed by atoms with van der Waals surface area (Å²) in [5.41, 5.74) is 4.03. The second-order valence-corrected chi connectivity index (χ2v) is 8.41. The highest BCUT2D eigenvalue weighted by Crippen LogP contribution is 2.35. The number of aromatic nitrogens is 1. The van der Waals surface area contributed by atoms with Crippen LogP contribution in [-0.4, -0.2) is 10.1 Å². The van der Waals surface area contributed by atoms with Crippen LogP contribution in [0, 0.1) is 13.8 Å². The molecule has 0 bridgehead atoms. The number of nitrogens with zero attached hydrogens (tertiary/aromatic N) is 1. The summed E-state index contributed by atoms with van der Waals surface area (Å²) in [4.78, 5) is 17.7. The molecule has 0 unspecified atom stereocenters. The van der Waals surface area contributed by atoms with Gasteiger partial charge in [-0.3, -0.25) is 4.79 Å². The molecule has 0 radical (unpaired) electrons. The molecule has 3 aromatic rings. The molecular formula is C16H13BrN2OS3. The number of carbonyl (C=O) groups excluding carboxylic acids is 1. The van der Waals surface area contributed by atoms with Gasteiger partial charge in [0, 0.05) is 20.3 Å². The predicted octanol–water partition coefficient (Wildman–Crippen LogP) is 6.06. The Bertz CT molecular complexity index is 885. The number of hydrogen-bond acceptors (Lipinski definition) is 5. The highest BCUT2D eigenvalue weighted by Gasteiger charge is 2.14. The third-order valence-electron chi connectivity index (χ3n) is 3.27. The Labute approximate surface area is 156 Å². The first-order chi connectivity index (χ1) is 10.9. The van der Waals surface area contributed by atoms with Gasteiger partial charge in [0.15, 0.2) is 5.13 Å². The van der Waals surface area contributed by atoms with Gasteiger partial charge < -0.3 is 5.32 Å². The summed E-state index contributed by atoms with van der Waals surface area (Å²) < 4.78 is 1.00. The largest absolute Gasteiger partial charge is 0.331 e. The van der Waals surface area contributed by atoms with Crippen molar-refractivity contribution in [3.8, 4) is 11.3 Å². The Morgan fingerprint density at radius 2 is 2.09 bits per heavy atom. The molecule has 2 heterocycles. The molecule has 0 fully saturated rings. The molecule has 118 valence electrons. The average molecular weight is 425 g/mol. The second kappa shape index (κ2) is 6.76. The standard InChI is InChI=1S/C16H13BrN2OS3/c1-8-3-4-12(11(17)5-8)18-16-19-13(7-22-16)10-6-14(15(20)21)23-9(10)2/h3-7H,1-2H3,(H,18,19)(H,20,21). The smallest absolute Gasteiger partial charge is 0.226 e. The zero-order chi connectivity index (χ0) is 16.6. The van der Waals surface area contributed by atoms with Crippen LogP contribution in [0.2, 0.25) is 0 Å². The quantitative estimate of drug-likeness (QED) is 0.499. The van der Waals surface area contributed by atoms with Crippen LogP contribution in [-0.2, 0) is 0 Å². The molecule has 1 N–H and O–H groups in total. The number of halogens is 1. The van der Waals surface area contributed by atoms with Gasteiger partial charge in [-0.05, 0) is 53.5 Å². The van der Waals surface area contributed by atoms with Crippen molar-refractivity contribution in [3.05, 3.63) is 49.4 Å². The van der Waals surface area contributed by atoms with E-state index < -0.39 is 0 Å². The molecule has 0 aliphatic rings. The van der Waals surface area contributed by atoms with E-state index in [0.29, 0.717) is 4.88 Å². The average Bonchev–Trinajstić information content (AvgIpc) is 3.08. The second-order valence-electron chi connectivity index (χ2n) is 5.03. The zero-order valence-corrected chi connectivity index (χ0v) is 16.5. The van der Waals surface area contributed by atoms with E-state index in [2.05, 4.69) is 57.9 Å². The molecule has 0 saturated carbocycles. The Morgan fingerprint density at radius 1 is 1.30 bits per heavy atom. The van der Waals surface area contributed by atoms with Crippen LogP contribution < -0.4 is 5.32 Å². The van der Waals surface area contributed by atoms with E-state index in [1.165, 1.54) is 28.2 Å². The van der Waals surface area contributed by atoms with Gasteiger partial charge in [0.1, 0.15) is 0 Å². The van der Waals surface area contributed by atoms with Crippen LogP contribution in [0.25, 0.3) is 11.3 Å². The summed E-state index contributed by atoms with van der Waals surface area (Å²) in [6, 6.07) is 7.99. The summed E-state index contributed by atoms with van der Waals surface area (Å²) in [7, 11) is 0. The molecule has 7 heteroatoms. The number of thiol groups is 1. The molecule has 3 rings (SSSR count). The number of rotatable bonds is 4. The molecule has 2 aromatic heterocycles. The first-order valence-corrected chi connectivity index (χ1v) is 9.70. The topological polar surface area (TPSA) is 42.0 Å². The van der Waals surface area contributed by atoms with E-state index in [9.17, 15) is 4.79 Å². The molecule has 0 atom stereocenters. The number of thiazole rings is 1. The SMILES string of the molecule is Cc1ccc(Nc2nc(-c3cc(C(=O)S)sc3C)cs2)c(Br)c1. The minimum absolute atomic E-state index is 0.207. The Kier molecular flexibility index (Phi) is 4.91. The predicted molar refractivity (Wildman–Crippen MR) is 106 cm³/mol. The molecule has 0 aliphatic heterocycles. The lowest BCUT2D eigenvalue weighted by molar-refractivity contribution is 0.109. The van der Waals surface area contributed by atoms with Gasteiger partial charge in [0.25, 0.3) is 0 Å². The van der Waals surface area contributed by atoms with Gasteiger partial charge in [-0.1, -0.05) is 18.7 Å². The van der Waals surface area contributed by atoms with E-state index in [1.807, 2.05) is 24.4 Å². The highest BCUT2D eigenvalue weighted by atomic mass is 79.9. The maximum atomic E-state index is 11.4. The van der Waals surface area contributed by atoms with Crippen molar-refractivity contribution in [3.63, 3.8) is 0 Å². The van der Waals surface area contributed by atoms with Gasteiger partial charge in [-0.15, -0.1) is 22.7 Å². The lowest BCUT2D eigenvalue weighted by atomic mass is 10.2. The number of anilines is 2. The van der Waals surface area contributed by atoms with Crippen LogP contribution in [0.15, 0.2) is 34.1 Å². The Balaban J connectivity index is 1.87. The maximum Gasteiger partial charge on any atom is 0.226 e. The summed E-state index contributed by atoms with van der Waals surface area (Å²) in [5, 5.41) is 5.92. The Hall–Kier alpha value is -1.15. The van der Waals surface area contributed by atoms with Crippen molar-refractivity contribution >= 4 is 67.2 Å². The van der Waals surface area contributed by atoms with E-state index in [0.717, 1.165) is 31.4 Å². The van der Waals surface area contributed by atoms with Gasteiger partial charge in [-0.2, -0.15) is 0 Å². The zero-order valence-electron chi connectivity index (χ0n) is 12.4. The summed E-state index contributed by atoms with van der Waals surface area (Å²) in [6.07, 6.45) is 0. The molecule has 3 nitrogen and oxygen atoms in total. The number of benzene rings is 1. The van der Waals surface area contributed by atoms with E-state index in [-0.39, 0.29) is 5.12 Å². The molecule has 0 aliphatic carbocycles. The first kappa shape index (κ1) is 16.7. The normalized spacial score (nSPS) is 10.8. The summed E-state index contributed by atoms with van der Waals surface area (Å²) in [6.45, 7) is 4.04. The fourth-order valence-electron chi connectivity index (χ4n) is 2.13. The summed E-state index contributed by atoms with van der Waals surface area (Å²) >= 11 is 10.4. The Morgan fingerprint density at radius 3 is 2.74 bits per heavy atom. The lowest BCUT2D eigenvalue weighted by Gasteiger charge is -2.06. The lowest BCUT2D eigenvalue weighted by Crippen LogP contribution is -1.91. The molecule has 0 amide bonds. The van der Waals surface area contributed by atoms with Crippen LogP contribution >= 0.6 is 51.2 Å². The van der Waals surface area contributed by atoms with Crippen molar-refractivity contribution < 1.29 is 4.79 Å². The molecular weight excluding hydrogens is 412 g/mol. The number of aryl methyl sites for hydroxylation is 2. The fourth-order valence-corrected chi connectivity index (χ4v) is 4.52. The van der Waals surface area contributed by atoms with Crippen molar-refractivity contribution in [1.82, 2.24) is 4.98 Å². The maximum absolute atomic E-state index is 11.4. The molecule has 0 spiro atoms. The van der Waals surface area contributed by atoms with E-state index >= 15 is 0 Å². The van der Waals surface area contributed by atoms with Crippen molar-refractivity contribution in [1.29, 1.82) is 0 Å². The number of hydrogen-bond donors (Lipinski definition) is 2. The third kappa shape index (κ3) is 3.68. The molecule has 23 heavy (non-hydrogen) atoms. The third-order valence-corrected chi connectivity index (χ3v) is 6.13. The summed E-state index contributed by atoms with van der Waals surface area (Å²) in [5.74, 6) is 0. The van der Waals surface area contributed by atoms with E-state index in [1.54, 1.807) is 0 Å². The van der Waals surface area contributed by atoms with Crippen LogP contribution in [0.3, 0.4) is 0 Å². The van der Waals surface area contributed by atoms with Gasteiger partial charge in [-0.25, -0.2) is 4.98 Å². The van der Waals surface area contributed by atoms with Gasteiger partial charge >= 0.3 is 0 Å². The molecule has 0 saturated heterocycles. The van der Waals surface area contributed by atoms with E-state index in [4.69, 9.17) is 0 Å². The minimum atomic E-state index is -0.207. The van der Waals surface area contributed by atoms with Crippen molar-refractivity contribution in [2.45, 2.75) is 13.8 Å². The minimum Gasteiger partial charge on any atom is -0.331 e. The monoisotopic (exact) mass is 424 g/mol.